The molecule has 96 valence electrons. The van der Waals surface area contributed by atoms with Crippen LogP contribution < -0.4 is 15.4 Å². The highest BCUT2D eigenvalue weighted by Crippen LogP contribution is 2.17. The molecule has 0 saturated heterocycles. The lowest BCUT2D eigenvalue weighted by molar-refractivity contribution is -0.122. The summed E-state index contributed by atoms with van der Waals surface area (Å²) >= 11 is 0. The third-order valence-electron chi connectivity index (χ3n) is 2.52. The Balaban J connectivity index is 2.61. The molecule has 0 aliphatic rings. The van der Waals surface area contributed by atoms with Crippen LogP contribution in [0.1, 0.15) is 12.5 Å². The van der Waals surface area contributed by atoms with Crippen molar-refractivity contribution in [2.75, 3.05) is 13.7 Å². The third-order valence-corrected chi connectivity index (χ3v) is 2.52. The number of terminal acetylenes is 1. The van der Waals surface area contributed by atoms with Crippen LogP contribution in [-0.4, -0.2) is 25.6 Å². The van der Waals surface area contributed by atoms with E-state index in [0.717, 1.165) is 11.3 Å². The summed E-state index contributed by atoms with van der Waals surface area (Å²) in [6.45, 7) is 2.60. The van der Waals surface area contributed by atoms with Gasteiger partial charge in [-0.15, -0.1) is 6.42 Å². The predicted molar refractivity (Wildman–Crippen MR) is 71.1 cm³/mol. The monoisotopic (exact) mass is 246 g/mol. The number of hydrogen-bond acceptors (Lipinski definition) is 3. The topological polar surface area (TPSA) is 50.4 Å². The normalized spacial score (nSPS) is 11.4. The van der Waals surface area contributed by atoms with E-state index in [2.05, 4.69) is 16.6 Å². The lowest BCUT2D eigenvalue weighted by Gasteiger charge is -2.14. The molecule has 2 N–H and O–H groups in total. The molecule has 1 rings (SSSR count). The zero-order valence-corrected chi connectivity index (χ0v) is 10.7. The van der Waals surface area contributed by atoms with Gasteiger partial charge in [-0.05, 0) is 13.0 Å². The third kappa shape index (κ3) is 4.11. The van der Waals surface area contributed by atoms with Crippen molar-refractivity contribution in [2.24, 2.45) is 0 Å². The number of nitrogens with one attached hydrogen (secondary N) is 2. The van der Waals surface area contributed by atoms with Gasteiger partial charge in [-0.25, -0.2) is 0 Å². The molecule has 0 saturated carbocycles. The summed E-state index contributed by atoms with van der Waals surface area (Å²) in [5, 5.41) is 5.71. The van der Waals surface area contributed by atoms with Crippen LogP contribution in [0.3, 0.4) is 0 Å². The first kappa shape index (κ1) is 14.1. The largest absolute Gasteiger partial charge is 0.481 e. The van der Waals surface area contributed by atoms with Gasteiger partial charge in [-0.2, -0.15) is 0 Å². The first-order valence-electron chi connectivity index (χ1n) is 5.78. The van der Waals surface area contributed by atoms with E-state index in [0.29, 0.717) is 6.54 Å². The van der Waals surface area contributed by atoms with Crippen LogP contribution in [0.15, 0.2) is 24.3 Å². The number of ether oxygens (including phenoxy) is 1. The fraction of sp³-hybridized carbons (Fsp3) is 0.357. The van der Waals surface area contributed by atoms with Gasteiger partial charge in [0.2, 0.25) is 5.91 Å². The van der Waals surface area contributed by atoms with Gasteiger partial charge in [0.25, 0.3) is 0 Å². The summed E-state index contributed by atoms with van der Waals surface area (Å²) < 4.78 is 5.43. The molecule has 1 atom stereocenters. The van der Waals surface area contributed by atoms with Crippen molar-refractivity contribution in [1.29, 1.82) is 0 Å². The Labute approximate surface area is 108 Å². The van der Waals surface area contributed by atoms with Gasteiger partial charge in [-0.3, -0.25) is 4.79 Å². The second kappa shape index (κ2) is 7.36. The number of amides is 1. The maximum absolute atomic E-state index is 11.4. The van der Waals surface area contributed by atoms with Crippen LogP contribution in [0.25, 0.3) is 0 Å². The highest BCUT2D eigenvalue weighted by Gasteiger charge is 2.11. The fourth-order valence-corrected chi connectivity index (χ4v) is 1.48. The molecule has 0 fully saturated rings. The quantitative estimate of drug-likeness (QED) is 0.734. The lowest BCUT2D eigenvalue weighted by atomic mass is 10.2. The van der Waals surface area contributed by atoms with Crippen LogP contribution in [0.2, 0.25) is 0 Å². The predicted octanol–water partition coefficient (Wildman–Crippen LogP) is 0.923. The molecule has 1 amide bonds. The molecule has 0 aromatic heterocycles. The van der Waals surface area contributed by atoms with Crippen molar-refractivity contribution < 1.29 is 9.53 Å². The molecule has 0 aliphatic carbocycles. The van der Waals surface area contributed by atoms with E-state index in [1.165, 1.54) is 0 Å². The van der Waals surface area contributed by atoms with Crippen molar-refractivity contribution in [1.82, 2.24) is 10.6 Å². The van der Waals surface area contributed by atoms with Crippen LogP contribution in [0, 0.1) is 12.3 Å². The van der Waals surface area contributed by atoms with E-state index < -0.39 is 0 Å². The molecular formula is C14H18N2O2. The second-order valence-corrected chi connectivity index (χ2v) is 3.82. The molecule has 0 spiro atoms. The summed E-state index contributed by atoms with van der Waals surface area (Å²) in [4.78, 5) is 11.4. The van der Waals surface area contributed by atoms with Gasteiger partial charge in [0.05, 0.1) is 6.04 Å². The zero-order valence-electron chi connectivity index (χ0n) is 10.7. The smallest absolute Gasteiger partial charge is 0.236 e. The van der Waals surface area contributed by atoms with E-state index >= 15 is 0 Å². The SMILES string of the molecule is C#CCOc1ccccc1CNC(C)C(=O)NC. The summed E-state index contributed by atoms with van der Waals surface area (Å²) in [6, 6.07) is 7.35. The Kier molecular flexibility index (Phi) is 5.75. The Morgan fingerprint density at radius 1 is 1.50 bits per heavy atom. The molecule has 1 unspecified atom stereocenters. The standard InChI is InChI=1S/C14H18N2O2/c1-4-9-18-13-8-6-5-7-12(13)10-16-11(2)14(17)15-3/h1,5-8,11,16H,9-10H2,2-3H3,(H,15,17). The molecule has 18 heavy (non-hydrogen) atoms. The maximum Gasteiger partial charge on any atom is 0.236 e. The van der Waals surface area contributed by atoms with Gasteiger partial charge < -0.3 is 15.4 Å². The van der Waals surface area contributed by atoms with Crippen LogP contribution in [0.4, 0.5) is 0 Å². The van der Waals surface area contributed by atoms with Gasteiger partial charge in [0, 0.05) is 19.2 Å². The van der Waals surface area contributed by atoms with Gasteiger partial charge in [0.15, 0.2) is 0 Å². The van der Waals surface area contributed by atoms with Crippen molar-refractivity contribution in [3.8, 4) is 18.1 Å². The Morgan fingerprint density at radius 3 is 2.89 bits per heavy atom. The molecule has 1 aromatic rings. The Hall–Kier alpha value is -1.99. The highest BCUT2D eigenvalue weighted by molar-refractivity contribution is 5.80. The van der Waals surface area contributed by atoms with Crippen LogP contribution in [-0.2, 0) is 11.3 Å². The number of carbonyl (C=O) groups is 1. The van der Waals surface area contributed by atoms with Crippen molar-refractivity contribution in [3.05, 3.63) is 29.8 Å². The summed E-state index contributed by atoms with van der Waals surface area (Å²) in [5.41, 5.74) is 0.975. The zero-order chi connectivity index (χ0) is 13.4. The lowest BCUT2D eigenvalue weighted by Crippen LogP contribution is -2.40. The van der Waals surface area contributed by atoms with Gasteiger partial charge in [0.1, 0.15) is 12.4 Å². The molecular weight excluding hydrogens is 228 g/mol. The van der Waals surface area contributed by atoms with Gasteiger partial charge >= 0.3 is 0 Å². The van der Waals surface area contributed by atoms with Gasteiger partial charge in [-0.1, -0.05) is 24.1 Å². The summed E-state index contributed by atoms with van der Waals surface area (Å²) in [7, 11) is 1.62. The molecule has 1 aromatic carbocycles. The average Bonchev–Trinajstić information content (AvgIpc) is 2.42. The van der Waals surface area contributed by atoms with Crippen LogP contribution >= 0.6 is 0 Å². The Bertz CT molecular complexity index is 438. The number of hydrogen-bond donors (Lipinski definition) is 2. The first-order valence-corrected chi connectivity index (χ1v) is 5.78. The van der Waals surface area contributed by atoms with Crippen LogP contribution in [0.5, 0.6) is 5.75 Å². The molecule has 0 aliphatic heterocycles. The van der Waals surface area contributed by atoms with E-state index in [9.17, 15) is 4.79 Å². The summed E-state index contributed by atoms with van der Waals surface area (Å²) in [6.07, 6.45) is 5.16. The van der Waals surface area contributed by atoms with Crippen molar-refractivity contribution in [3.63, 3.8) is 0 Å². The van der Waals surface area contributed by atoms with E-state index in [-0.39, 0.29) is 18.6 Å². The van der Waals surface area contributed by atoms with E-state index in [1.807, 2.05) is 31.2 Å². The average molecular weight is 246 g/mol. The highest BCUT2D eigenvalue weighted by atomic mass is 16.5. The summed E-state index contributed by atoms with van der Waals surface area (Å²) in [5.74, 6) is 3.13. The number of para-hydroxylation sites is 1. The number of carbonyl (C=O) groups excluding carboxylic acids is 1. The molecule has 4 heteroatoms. The molecule has 0 bridgehead atoms. The van der Waals surface area contributed by atoms with E-state index in [4.69, 9.17) is 11.2 Å². The number of likely N-dealkylation sites (N-methyl/N-ethyl adjacent to an activating group) is 1. The minimum Gasteiger partial charge on any atom is -0.481 e. The number of benzene rings is 1. The second-order valence-electron chi connectivity index (χ2n) is 3.82. The molecule has 0 radical (unpaired) electrons. The maximum atomic E-state index is 11.4. The Morgan fingerprint density at radius 2 is 2.22 bits per heavy atom. The molecule has 0 heterocycles. The first-order chi connectivity index (χ1) is 8.69. The number of rotatable bonds is 6. The minimum atomic E-state index is -0.254. The minimum absolute atomic E-state index is 0.0444. The van der Waals surface area contributed by atoms with Crippen molar-refractivity contribution >= 4 is 5.91 Å². The molecule has 4 nitrogen and oxygen atoms in total. The van der Waals surface area contributed by atoms with E-state index in [1.54, 1.807) is 7.05 Å². The fourth-order valence-electron chi connectivity index (χ4n) is 1.48. The van der Waals surface area contributed by atoms with Crippen molar-refractivity contribution in [2.45, 2.75) is 19.5 Å².